The first kappa shape index (κ1) is 20.0. The Labute approximate surface area is 174 Å². The minimum atomic E-state index is -4.50. The van der Waals surface area contributed by atoms with Crippen molar-refractivity contribution in [1.82, 2.24) is 0 Å². The lowest BCUT2D eigenvalue weighted by atomic mass is 10.2. The number of nitrogens with zero attached hydrogens (tertiary/aromatic N) is 2. The van der Waals surface area contributed by atoms with E-state index in [1.54, 1.807) is 12.1 Å². The van der Waals surface area contributed by atoms with Crippen molar-refractivity contribution >= 4 is 51.9 Å². The van der Waals surface area contributed by atoms with Crippen molar-refractivity contribution in [2.45, 2.75) is 6.18 Å². The summed E-state index contributed by atoms with van der Waals surface area (Å²) < 4.78 is 50.2. The molecular weight excluding hydrogens is 425 g/mol. The number of morpholine rings is 1. The first-order valence-corrected chi connectivity index (χ1v) is 9.93. The number of carbonyl (C=O) groups is 1. The van der Waals surface area contributed by atoms with Crippen LogP contribution in [-0.4, -0.2) is 36.5 Å². The molecule has 0 N–H and O–H groups in total. The molecule has 0 unspecified atom stereocenters. The zero-order valence-corrected chi connectivity index (χ0v) is 16.6. The molecule has 1 amide bonds. The SMILES string of the molecule is O=C1C(=Cc2ccc(N3CCOCC3)o2)SC(=S)N1c1cccc(C(F)(F)F)c1. The predicted octanol–water partition coefficient (Wildman–Crippen LogP) is 4.54. The number of benzene rings is 1. The second-order valence-corrected chi connectivity index (χ2v) is 8.02. The summed E-state index contributed by atoms with van der Waals surface area (Å²) in [4.78, 5) is 16.2. The van der Waals surface area contributed by atoms with Gasteiger partial charge in [-0.05, 0) is 24.3 Å². The van der Waals surface area contributed by atoms with E-state index in [4.69, 9.17) is 21.4 Å². The standard InChI is InChI=1S/C19H15F3N2O3S2/c20-19(21,22)12-2-1-3-13(10-12)24-17(25)15(29-18(24)28)11-14-4-5-16(27-14)23-6-8-26-9-7-23/h1-5,10-11H,6-9H2. The minimum Gasteiger partial charge on any atom is -0.441 e. The van der Waals surface area contributed by atoms with Gasteiger partial charge in [-0.25, -0.2) is 0 Å². The summed E-state index contributed by atoms with van der Waals surface area (Å²) in [6, 6.07) is 8.09. The van der Waals surface area contributed by atoms with E-state index in [1.165, 1.54) is 12.1 Å². The molecule has 5 nitrogen and oxygen atoms in total. The summed E-state index contributed by atoms with van der Waals surface area (Å²) >= 11 is 6.25. The Hall–Kier alpha value is -2.30. The van der Waals surface area contributed by atoms with Gasteiger partial charge in [-0.3, -0.25) is 9.69 Å². The number of alkyl halides is 3. The van der Waals surface area contributed by atoms with Crippen molar-refractivity contribution in [3.8, 4) is 0 Å². The molecule has 2 aromatic rings. The summed E-state index contributed by atoms with van der Waals surface area (Å²) in [6.45, 7) is 2.66. The van der Waals surface area contributed by atoms with Gasteiger partial charge in [-0.2, -0.15) is 13.2 Å². The van der Waals surface area contributed by atoms with Crippen LogP contribution in [-0.2, 0) is 15.7 Å². The average molecular weight is 440 g/mol. The molecule has 2 aliphatic rings. The van der Waals surface area contributed by atoms with Gasteiger partial charge in [0.2, 0.25) is 0 Å². The average Bonchev–Trinajstić information content (AvgIpc) is 3.27. The normalized spacial score (nSPS) is 19.5. The molecule has 2 aliphatic heterocycles. The zero-order chi connectivity index (χ0) is 20.6. The highest BCUT2D eigenvalue weighted by Crippen LogP contribution is 2.38. The molecule has 0 atom stereocenters. The lowest BCUT2D eigenvalue weighted by molar-refractivity contribution is -0.137. The maximum Gasteiger partial charge on any atom is 0.416 e. The topological polar surface area (TPSA) is 45.9 Å². The van der Waals surface area contributed by atoms with Crippen LogP contribution >= 0.6 is 24.0 Å². The van der Waals surface area contributed by atoms with E-state index in [0.717, 1.165) is 28.8 Å². The Morgan fingerprint density at radius 1 is 1.14 bits per heavy atom. The van der Waals surface area contributed by atoms with Gasteiger partial charge in [0.15, 0.2) is 10.2 Å². The van der Waals surface area contributed by atoms with Crippen molar-refractivity contribution in [2.75, 3.05) is 36.1 Å². The number of furan rings is 1. The Balaban J connectivity index is 1.56. The molecule has 0 spiro atoms. The van der Waals surface area contributed by atoms with Crippen LogP contribution in [0.1, 0.15) is 11.3 Å². The predicted molar refractivity (Wildman–Crippen MR) is 109 cm³/mol. The van der Waals surface area contributed by atoms with Crippen LogP contribution in [0, 0.1) is 0 Å². The molecule has 2 saturated heterocycles. The van der Waals surface area contributed by atoms with Crippen molar-refractivity contribution < 1.29 is 27.1 Å². The van der Waals surface area contributed by atoms with E-state index < -0.39 is 17.6 Å². The molecule has 3 heterocycles. The number of hydrogen-bond acceptors (Lipinski definition) is 6. The van der Waals surface area contributed by atoms with Crippen LogP contribution in [0.3, 0.4) is 0 Å². The maximum absolute atomic E-state index is 13.0. The van der Waals surface area contributed by atoms with E-state index in [2.05, 4.69) is 0 Å². The van der Waals surface area contributed by atoms with Crippen LogP contribution in [0.25, 0.3) is 6.08 Å². The van der Waals surface area contributed by atoms with Crippen LogP contribution in [0.15, 0.2) is 45.7 Å². The van der Waals surface area contributed by atoms with Gasteiger partial charge in [-0.15, -0.1) is 0 Å². The van der Waals surface area contributed by atoms with Crippen molar-refractivity contribution in [1.29, 1.82) is 0 Å². The number of rotatable bonds is 3. The number of halogens is 3. The van der Waals surface area contributed by atoms with Crippen molar-refractivity contribution in [3.05, 3.63) is 52.6 Å². The van der Waals surface area contributed by atoms with Gasteiger partial charge in [0.05, 0.1) is 29.4 Å². The molecule has 0 bridgehead atoms. The van der Waals surface area contributed by atoms with Crippen LogP contribution in [0.2, 0.25) is 0 Å². The van der Waals surface area contributed by atoms with E-state index in [0.29, 0.717) is 37.9 Å². The second-order valence-electron chi connectivity index (χ2n) is 6.34. The van der Waals surface area contributed by atoms with E-state index >= 15 is 0 Å². The minimum absolute atomic E-state index is 0.0826. The number of hydrogen-bond donors (Lipinski definition) is 0. The number of thiocarbonyl (C=S) groups is 1. The first-order chi connectivity index (χ1) is 13.8. The summed E-state index contributed by atoms with van der Waals surface area (Å²) in [5, 5.41) is 0. The second kappa shape index (κ2) is 7.85. The Morgan fingerprint density at radius 3 is 2.62 bits per heavy atom. The third-order valence-electron chi connectivity index (χ3n) is 4.43. The van der Waals surface area contributed by atoms with Gasteiger partial charge < -0.3 is 14.1 Å². The number of thioether (sulfide) groups is 1. The monoisotopic (exact) mass is 440 g/mol. The van der Waals surface area contributed by atoms with Crippen molar-refractivity contribution in [3.63, 3.8) is 0 Å². The summed E-state index contributed by atoms with van der Waals surface area (Å²) in [6.07, 6.45) is -2.95. The number of amides is 1. The highest BCUT2D eigenvalue weighted by Gasteiger charge is 2.36. The fourth-order valence-electron chi connectivity index (χ4n) is 3.01. The molecule has 152 valence electrons. The zero-order valence-electron chi connectivity index (χ0n) is 14.9. The Kier molecular flexibility index (Phi) is 5.41. The third-order valence-corrected chi connectivity index (χ3v) is 5.74. The number of ether oxygens (including phenoxy) is 1. The van der Waals surface area contributed by atoms with Crippen LogP contribution in [0.4, 0.5) is 24.7 Å². The smallest absolute Gasteiger partial charge is 0.416 e. The number of anilines is 2. The molecule has 2 fully saturated rings. The molecule has 10 heteroatoms. The summed E-state index contributed by atoms with van der Waals surface area (Å²) in [5.74, 6) is 0.660. The van der Waals surface area contributed by atoms with E-state index in [-0.39, 0.29) is 14.9 Å². The highest BCUT2D eigenvalue weighted by atomic mass is 32.2. The van der Waals surface area contributed by atoms with Crippen LogP contribution in [0.5, 0.6) is 0 Å². The molecule has 0 radical (unpaired) electrons. The van der Waals surface area contributed by atoms with E-state index in [9.17, 15) is 18.0 Å². The van der Waals surface area contributed by atoms with Gasteiger partial charge in [0.25, 0.3) is 5.91 Å². The Morgan fingerprint density at radius 2 is 1.90 bits per heavy atom. The fourth-order valence-corrected chi connectivity index (χ4v) is 4.29. The molecular formula is C19H15F3N2O3S2. The third kappa shape index (κ3) is 4.19. The van der Waals surface area contributed by atoms with Gasteiger partial charge in [-0.1, -0.05) is 30.0 Å². The molecule has 4 rings (SSSR count). The first-order valence-electron chi connectivity index (χ1n) is 8.71. The fraction of sp³-hybridized carbons (Fsp3) is 0.263. The molecule has 1 aromatic carbocycles. The lowest BCUT2D eigenvalue weighted by Gasteiger charge is -2.26. The summed E-state index contributed by atoms with van der Waals surface area (Å²) in [7, 11) is 0. The van der Waals surface area contributed by atoms with Crippen molar-refractivity contribution in [2.24, 2.45) is 0 Å². The molecule has 1 aromatic heterocycles. The van der Waals surface area contributed by atoms with Gasteiger partial charge in [0.1, 0.15) is 5.76 Å². The molecule has 0 aliphatic carbocycles. The molecule has 29 heavy (non-hydrogen) atoms. The quantitative estimate of drug-likeness (QED) is 0.516. The van der Waals surface area contributed by atoms with Crippen LogP contribution < -0.4 is 9.80 Å². The Bertz CT molecular complexity index is 981. The maximum atomic E-state index is 13.0. The largest absolute Gasteiger partial charge is 0.441 e. The molecule has 0 saturated carbocycles. The highest BCUT2D eigenvalue weighted by molar-refractivity contribution is 8.27. The van der Waals surface area contributed by atoms with E-state index in [1.807, 2.05) is 11.0 Å². The lowest BCUT2D eigenvalue weighted by Crippen LogP contribution is -2.35. The van der Waals surface area contributed by atoms with Gasteiger partial charge in [0, 0.05) is 25.2 Å². The number of carbonyl (C=O) groups excluding carboxylic acids is 1. The summed E-state index contributed by atoms with van der Waals surface area (Å²) in [5.41, 5.74) is -0.756. The van der Waals surface area contributed by atoms with Gasteiger partial charge >= 0.3 is 6.18 Å².